The lowest BCUT2D eigenvalue weighted by Crippen LogP contribution is -2.22. The second-order valence-corrected chi connectivity index (χ2v) is 7.05. The van der Waals surface area contributed by atoms with Crippen molar-refractivity contribution >= 4 is 34.3 Å². The molecule has 1 saturated heterocycles. The van der Waals surface area contributed by atoms with Crippen LogP contribution < -0.4 is 10.2 Å². The predicted molar refractivity (Wildman–Crippen MR) is 87.3 cm³/mol. The summed E-state index contributed by atoms with van der Waals surface area (Å²) < 4.78 is 40.5. The number of rotatable bonds is 4. The topological polar surface area (TPSA) is 28.2 Å². The third-order valence-corrected chi connectivity index (χ3v) is 4.86. The largest absolute Gasteiger partial charge is 0.418 e. The van der Waals surface area contributed by atoms with Crippen molar-refractivity contribution in [2.24, 2.45) is 0 Å². The summed E-state index contributed by atoms with van der Waals surface area (Å²) in [6, 6.07) is 4.41. The highest BCUT2D eigenvalue weighted by molar-refractivity contribution is 7.15. The van der Waals surface area contributed by atoms with Crippen molar-refractivity contribution in [3.05, 3.63) is 39.3 Å². The van der Waals surface area contributed by atoms with E-state index in [0.717, 1.165) is 17.7 Å². The molecule has 3 rings (SSSR count). The third-order valence-electron chi connectivity index (χ3n) is 3.74. The van der Waals surface area contributed by atoms with Gasteiger partial charge in [0.25, 0.3) is 0 Å². The van der Waals surface area contributed by atoms with Gasteiger partial charge in [-0.2, -0.15) is 13.2 Å². The van der Waals surface area contributed by atoms with E-state index in [0.29, 0.717) is 29.8 Å². The van der Waals surface area contributed by atoms with E-state index in [4.69, 9.17) is 11.6 Å². The van der Waals surface area contributed by atoms with Crippen LogP contribution in [-0.2, 0) is 12.7 Å². The van der Waals surface area contributed by atoms with Crippen molar-refractivity contribution < 1.29 is 13.2 Å². The van der Waals surface area contributed by atoms with Crippen LogP contribution in [0.1, 0.15) is 23.3 Å². The summed E-state index contributed by atoms with van der Waals surface area (Å²) in [5, 5.41) is 3.00. The van der Waals surface area contributed by atoms with Crippen LogP contribution in [0, 0.1) is 0 Å². The zero-order valence-electron chi connectivity index (χ0n) is 12.2. The number of alkyl halides is 3. The molecule has 0 radical (unpaired) electrons. The highest BCUT2D eigenvalue weighted by Gasteiger charge is 2.35. The fraction of sp³-hybridized carbons (Fsp3) is 0.400. The van der Waals surface area contributed by atoms with Crippen LogP contribution in [0.25, 0.3) is 0 Å². The van der Waals surface area contributed by atoms with E-state index in [9.17, 15) is 13.2 Å². The Bertz CT molecular complexity index is 681. The molecule has 0 atom stereocenters. The number of halogens is 4. The number of nitrogens with zero attached hydrogens (tertiary/aromatic N) is 2. The number of benzene rings is 1. The summed E-state index contributed by atoms with van der Waals surface area (Å²) >= 11 is 7.05. The quantitative estimate of drug-likeness (QED) is 0.828. The van der Waals surface area contributed by atoms with Crippen LogP contribution in [0.3, 0.4) is 0 Å². The van der Waals surface area contributed by atoms with Gasteiger partial charge in [-0.05, 0) is 31.0 Å². The number of hydrogen-bond donors (Lipinski definition) is 1. The summed E-state index contributed by atoms with van der Waals surface area (Å²) in [6.45, 7) is 1.75. The first-order valence-electron chi connectivity index (χ1n) is 7.24. The summed E-state index contributed by atoms with van der Waals surface area (Å²) in [7, 11) is 0. The predicted octanol–water partition coefficient (Wildman–Crippen LogP) is 5.03. The molecule has 1 aliphatic heterocycles. The molecular formula is C15H15ClF3N3S. The Hall–Kier alpha value is -1.47. The van der Waals surface area contributed by atoms with E-state index >= 15 is 0 Å². The SMILES string of the molecule is FC(F)(F)c1cc(NCc2cnc(Cl)s2)ccc1N1CCCC1. The van der Waals surface area contributed by atoms with Gasteiger partial charge in [0.1, 0.15) is 0 Å². The van der Waals surface area contributed by atoms with Crippen LogP contribution in [0.2, 0.25) is 4.47 Å². The highest BCUT2D eigenvalue weighted by atomic mass is 35.5. The molecule has 1 fully saturated rings. The van der Waals surface area contributed by atoms with E-state index in [1.807, 2.05) is 0 Å². The number of hydrogen-bond acceptors (Lipinski definition) is 4. The Labute approximate surface area is 141 Å². The first-order valence-corrected chi connectivity index (χ1v) is 8.43. The van der Waals surface area contributed by atoms with Gasteiger partial charge in [0, 0.05) is 35.5 Å². The Balaban J connectivity index is 1.81. The van der Waals surface area contributed by atoms with Crippen LogP contribution >= 0.6 is 22.9 Å². The molecule has 0 aliphatic carbocycles. The fourth-order valence-corrected chi connectivity index (χ4v) is 3.58. The lowest BCUT2D eigenvalue weighted by atomic mass is 10.1. The molecule has 0 saturated carbocycles. The minimum atomic E-state index is -4.37. The van der Waals surface area contributed by atoms with Crippen molar-refractivity contribution in [3.8, 4) is 0 Å². The molecule has 2 heterocycles. The van der Waals surface area contributed by atoms with Crippen LogP contribution in [0.5, 0.6) is 0 Å². The molecule has 8 heteroatoms. The number of anilines is 2. The number of nitrogens with one attached hydrogen (secondary N) is 1. The first-order chi connectivity index (χ1) is 10.9. The summed E-state index contributed by atoms with van der Waals surface area (Å²) in [5.74, 6) is 0. The lowest BCUT2D eigenvalue weighted by molar-refractivity contribution is -0.137. The minimum Gasteiger partial charge on any atom is -0.380 e. The van der Waals surface area contributed by atoms with Crippen LogP contribution in [0.15, 0.2) is 24.4 Å². The maximum Gasteiger partial charge on any atom is 0.418 e. The van der Waals surface area contributed by atoms with Crippen molar-refractivity contribution in [3.63, 3.8) is 0 Å². The summed E-state index contributed by atoms with van der Waals surface area (Å²) in [5.41, 5.74) is 0.109. The average Bonchev–Trinajstić information content (AvgIpc) is 3.15. The molecule has 3 nitrogen and oxygen atoms in total. The Kier molecular flexibility index (Phi) is 4.68. The van der Waals surface area contributed by atoms with Crippen molar-refractivity contribution in [2.75, 3.05) is 23.3 Å². The Morgan fingerprint density at radius 2 is 2.00 bits per heavy atom. The van der Waals surface area contributed by atoms with E-state index in [-0.39, 0.29) is 5.69 Å². The van der Waals surface area contributed by atoms with Crippen LogP contribution in [-0.4, -0.2) is 18.1 Å². The summed E-state index contributed by atoms with van der Waals surface area (Å²) in [4.78, 5) is 6.58. The van der Waals surface area contributed by atoms with Gasteiger partial charge in [0.05, 0.1) is 12.1 Å². The van der Waals surface area contributed by atoms with Crippen molar-refractivity contribution in [2.45, 2.75) is 25.6 Å². The number of aromatic nitrogens is 1. The van der Waals surface area contributed by atoms with Gasteiger partial charge < -0.3 is 10.2 Å². The van der Waals surface area contributed by atoms with Gasteiger partial charge in [0.15, 0.2) is 4.47 Å². The van der Waals surface area contributed by atoms with Gasteiger partial charge in [0.2, 0.25) is 0 Å². The molecule has 0 unspecified atom stereocenters. The fourth-order valence-electron chi connectivity index (χ4n) is 2.66. The molecule has 1 aliphatic rings. The Morgan fingerprint density at radius 3 is 2.61 bits per heavy atom. The molecule has 124 valence electrons. The van der Waals surface area contributed by atoms with E-state index in [1.54, 1.807) is 23.2 Å². The maximum atomic E-state index is 13.4. The lowest BCUT2D eigenvalue weighted by Gasteiger charge is -2.23. The van der Waals surface area contributed by atoms with E-state index in [2.05, 4.69) is 10.3 Å². The molecule has 23 heavy (non-hydrogen) atoms. The van der Waals surface area contributed by atoms with Gasteiger partial charge in [-0.3, -0.25) is 0 Å². The second kappa shape index (κ2) is 6.57. The third kappa shape index (κ3) is 3.90. The molecule has 0 bridgehead atoms. The molecule has 1 aromatic heterocycles. The standard InChI is InChI=1S/C15H15ClF3N3S/c16-14-21-9-11(23-14)8-20-10-3-4-13(22-5-1-2-6-22)12(7-10)15(17,18)19/h3-4,7,9,20H,1-2,5-6,8H2. The summed E-state index contributed by atoms with van der Waals surface area (Å²) in [6.07, 6.45) is -0.889. The van der Waals surface area contributed by atoms with Gasteiger partial charge in [-0.1, -0.05) is 11.6 Å². The Morgan fingerprint density at radius 1 is 1.26 bits per heavy atom. The normalized spacial score (nSPS) is 15.2. The zero-order valence-corrected chi connectivity index (χ0v) is 13.7. The molecule has 1 N–H and O–H groups in total. The number of thiazole rings is 1. The molecule has 2 aromatic rings. The minimum absolute atomic E-state index is 0.265. The van der Waals surface area contributed by atoms with Gasteiger partial charge in [-0.15, -0.1) is 11.3 Å². The smallest absolute Gasteiger partial charge is 0.380 e. The van der Waals surface area contributed by atoms with Crippen LogP contribution in [0.4, 0.5) is 24.5 Å². The molecule has 0 amide bonds. The second-order valence-electron chi connectivity index (χ2n) is 5.36. The first kappa shape index (κ1) is 16.4. The molecular weight excluding hydrogens is 347 g/mol. The monoisotopic (exact) mass is 361 g/mol. The van der Waals surface area contributed by atoms with E-state index in [1.165, 1.54) is 17.4 Å². The highest BCUT2D eigenvalue weighted by Crippen LogP contribution is 2.39. The van der Waals surface area contributed by atoms with Gasteiger partial charge >= 0.3 is 6.18 Å². The zero-order chi connectivity index (χ0) is 16.4. The van der Waals surface area contributed by atoms with Gasteiger partial charge in [-0.25, -0.2) is 4.98 Å². The van der Waals surface area contributed by atoms with Crippen molar-refractivity contribution in [1.82, 2.24) is 4.98 Å². The molecule has 0 spiro atoms. The maximum absolute atomic E-state index is 13.4. The average molecular weight is 362 g/mol. The molecule has 1 aromatic carbocycles. The van der Waals surface area contributed by atoms with Crippen molar-refractivity contribution in [1.29, 1.82) is 0 Å². The van der Waals surface area contributed by atoms with E-state index < -0.39 is 11.7 Å².